The molecule has 2 rings (SSSR count). The van der Waals surface area contributed by atoms with Crippen molar-refractivity contribution in [3.8, 4) is 5.82 Å². The van der Waals surface area contributed by atoms with E-state index in [-0.39, 0.29) is 17.1 Å². The number of carboxylic acid groups (broad SMARTS) is 1. The van der Waals surface area contributed by atoms with Crippen LogP contribution in [0.25, 0.3) is 5.82 Å². The molecule has 0 bridgehead atoms. The van der Waals surface area contributed by atoms with Crippen LogP contribution in [0.1, 0.15) is 10.4 Å². The maximum Gasteiger partial charge on any atom is 0.339 e. The summed E-state index contributed by atoms with van der Waals surface area (Å²) in [4.78, 5) is 24.6. The molecule has 0 unspecified atom stereocenters. The van der Waals surface area contributed by atoms with Crippen molar-refractivity contribution in [2.45, 2.75) is 0 Å². The lowest BCUT2D eigenvalue weighted by Crippen LogP contribution is -2.09. The monoisotopic (exact) mass is 234 g/mol. The molecular weight excluding hydrogens is 228 g/mol. The Morgan fingerprint density at radius 3 is 2.82 bits per heavy atom. The first-order valence-corrected chi connectivity index (χ1v) is 4.47. The summed E-state index contributed by atoms with van der Waals surface area (Å²) in [6, 6.07) is 2.54. The standard InChI is InChI=1S/C9H6N4O4/c14-9(15)7-4-6(13(16)17)5-10-8(7)12-3-1-2-11-12/h1-5H,(H,14,15). The van der Waals surface area contributed by atoms with Gasteiger partial charge < -0.3 is 5.11 Å². The van der Waals surface area contributed by atoms with Crippen molar-refractivity contribution in [1.29, 1.82) is 0 Å². The van der Waals surface area contributed by atoms with Gasteiger partial charge in [0.05, 0.1) is 4.92 Å². The van der Waals surface area contributed by atoms with Crippen LogP contribution in [-0.2, 0) is 0 Å². The Morgan fingerprint density at radius 2 is 2.29 bits per heavy atom. The summed E-state index contributed by atoms with van der Waals surface area (Å²) in [7, 11) is 0. The Morgan fingerprint density at radius 1 is 1.53 bits per heavy atom. The Balaban J connectivity index is 2.61. The van der Waals surface area contributed by atoms with Gasteiger partial charge in [-0.05, 0) is 6.07 Å². The zero-order chi connectivity index (χ0) is 12.4. The maximum absolute atomic E-state index is 11.0. The molecule has 2 heterocycles. The Bertz CT molecular complexity index is 579. The lowest BCUT2D eigenvalue weighted by molar-refractivity contribution is -0.385. The summed E-state index contributed by atoms with van der Waals surface area (Å²) in [5.41, 5.74) is -0.652. The summed E-state index contributed by atoms with van der Waals surface area (Å²) in [6.45, 7) is 0. The molecule has 0 radical (unpaired) electrons. The van der Waals surface area contributed by atoms with E-state index >= 15 is 0 Å². The van der Waals surface area contributed by atoms with E-state index < -0.39 is 10.9 Å². The second kappa shape index (κ2) is 4.00. The summed E-state index contributed by atoms with van der Waals surface area (Å²) in [6.07, 6.45) is 3.94. The average molecular weight is 234 g/mol. The van der Waals surface area contributed by atoms with Crippen LogP contribution in [0.2, 0.25) is 0 Å². The summed E-state index contributed by atoms with van der Waals surface area (Å²) >= 11 is 0. The molecule has 0 saturated heterocycles. The normalized spacial score (nSPS) is 10.1. The van der Waals surface area contributed by atoms with E-state index in [1.165, 1.54) is 17.1 Å². The summed E-state index contributed by atoms with van der Waals surface area (Å²) < 4.78 is 1.23. The van der Waals surface area contributed by atoms with Gasteiger partial charge in [-0.2, -0.15) is 5.10 Å². The third-order valence-corrected chi connectivity index (χ3v) is 2.01. The van der Waals surface area contributed by atoms with Crippen molar-refractivity contribution >= 4 is 11.7 Å². The zero-order valence-electron chi connectivity index (χ0n) is 8.35. The first kappa shape index (κ1) is 10.7. The minimum Gasteiger partial charge on any atom is -0.478 e. The minimum absolute atomic E-state index is 0.0353. The Labute approximate surface area is 94.3 Å². The molecule has 0 aliphatic carbocycles. The number of aromatic carboxylic acids is 1. The largest absolute Gasteiger partial charge is 0.478 e. The van der Waals surface area contributed by atoms with Crippen LogP contribution < -0.4 is 0 Å². The van der Waals surface area contributed by atoms with Gasteiger partial charge in [-0.1, -0.05) is 0 Å². The third-order valence-electron chi connectivity index (χ3n) is 2.01. The number of aromatic nitrogens is 3. The fourth-order valence-electron chi connectivity index (χ4n) is 1.28. The molecule has 0 spiro atoms. The van der Waals surface area contributed by atoms with E-state index in [1.807, 2.05) is 0 Å². The zero-order valence-corrected chi connectivity index (χ0v) is 8.35. The first-order chi connectivity index (χ1) is 8.09. The molecule has 0 fully saturated rings. The van der Waals surface area contributed by atoms with Gasteiger partial charge in [-0.25, -0.2) is 14.5 Å². The van der Waals surface area contributed by atoms with Crippen LogP contribution in [0.3, 0.4) is 0 Å². The molecule has 2 aromatic heterocycles. The quantitative estimate of drug-likeness (QED) is 0.623. The minimum atomic E-state index is -1.30. The number of nitrogens with zero attached hydrogens (tertiary/aromatic N) is 4. The molecular formula is C9H6N4O4. The Hall–Kier alpha value is -2.77. The van der Waals surface area contributed by atoms with Crippen molar-refractivity contribution < 1.29 is 14.8 Å². The molecule has 0 aliphatic rings. The van der Waals surface area contributed by atoms with E-state index in [2.05, 4.69) is 10.1 Å². The van der Waals surface area contributed by atoms with Gasteiger partial charge in [0.25, 0.3) is 5.69 Å². The number of hydrogen-bond acceptors (Lipinski definition) is 5. The van der Waals surface area contributed by atoms with Crippen molar-refractivity contribution in [1.82, 2.24) is 14.8 Å². The Kier molecular flexibility index (Phi) is 2.53. The highest BCUT2D eigenvalue weighted by Crippen LogP contribution is 2.17. The SMILES string of the molecule is O=C(O)c1cc([N+](=O)[O-])cnc1-n1cccn1. The summed E-state index contributed by atoms with van der Waals surface area (Å²) in [5, 5.41) is 23.3. The van der Waals surface area contributed by atoms with Crippen LogP contribution >= 0.6 is 0 Å². The third kappa shape index (κ3) is 1.95. The molecule has 0 aromatic carbocycles. The molecule has 1 N–H and O–H groups in total. The average Bonchev–Trinajstić information content (AvgIpc) is 2.81. The van der Waals surface area contributed by atoms with Gasteiger partial charge in [0, 0.05) is 18.5 Å². The smallest absolute Gasteiger partial charge is 0.339 e. The first-order valence-electron chi connectivity index (χ1n) is 4.47. The molecule has 0 aliphatic heterocycles. The van der Waals surface area contributed by atoms with Gasteiger partial charge in [0.15, 0.2) is 5.82 Å². The highest BCUT2D eigenvalue weighted by molar-refractivity contribution is 5.91. The predicted octanol–water partition coefficient (Wildman–Crippen LogP) is 0.874. The highest BCUT2D eigenvalue weighted by atomic mass is 16.6. The fourth-order valence-corrected chi connectivity index (χ4v) is 1.28. The van der Waals surface area contributed by atoms with Gasteiger partial charge in [-0.3, -0.25) is 10.1 Å². The van der Waals surface area contributed by atoms with Crippen LogP contribution in [-0.4, -0.2) is 30.8 Å². The van der Waals surface area contributed by atoms with Gasteiger partial charge in [0.1, 0.15) is 11.8 Å². The number of hydrogen-bond donors (Lipinski definition) is 1. The number of pyridine rings is 1. The predicted molar refractivity (Wildman–Crippen MR) is 55.0 cm³/mol. The van der Waals surface area contributed by atoms with E-state index in [0.717, 1.165) is 12.3 Å². The van der Waals surface area contributed by atoms with Gasteiger partial charge in [-0.15, -0.1) is 0 Å². The lowest BCUT2D eigenvalue weighted by atomic mass is 10.2. The number of carbonyl (C=O) groups is 1. The van der Waals surface area contributed by atoms with Gasteiger partial charge in [0.2, 0.25) is 0 Å². The van der Waals surface area contributed by atoms with Crippen LogP contribution in [0.15, 0.2) is 30.7 Å². The molecule has 86 valence electrons. The van der Waals surface area contributed by atoms with Crippen LogP contribution in [0.5, 0.6) is 0 Å². The maximum atomic E-state index is 11.0. The van der Waals surface area contributed by atoms with Crippen molar-refractivity contribution in [2.24, 2.45) is 0 Å². The van der Waals surface area contributed by atoms with E-state index in [4.69, 9.17) is 5.11 Å². The second-order valence-electron chi connectivity index (χ2n) is 3.08. The lowest BCUT2D eigenvalue weighted by Gasteiger charge is -2.04. The molecule has 0 saturated carbocycles. The van der Waals surface area contributed by atoms with E-state index in [9.17, 15) is 14.9 Å². The van der Waals surface area contributed by atoms with E-state index in [1.54, 1.807) is 6.07 Å². The van der Waals surface area contributed by atoms with Crippen LogP contribution in [0, 0.1) is 10.1 Å². The molecule has 2 aromatic rings. The molecule has 0 amide bonds. The summed E-state index contributed by atoms with van der Waals surface area (Å²) in [5.74, 6) is -1.26. The van der Waals surface area contributed by atoms with Crippen molar-refractivity contribution in [3.05, 3.63) is 46.4 Å². The number of nitro groups is 1. The second-order valence-corrected chi connectivity index (χ2v) is 3.08. The van der Waals surface area contributed by atoms with Crippen LogP contribution in [0.4, 0.5) is 5.69 Å². The van der Waals surface area contributed by atoms with Gasteiger partial charge >= 0.3 is 5.97 Å². The number of rotatable bonds is 3. The van der Waals surface area contributed by atoms with Crippen molar-refractivity contribution in [3.63, 3.8) is 0 Å². The number of carboxylic acids is 1. The highest BCUT2D eigenvalue weighted by Gasteiger charge is 2.18. The molecule has 8 heteroatoms. The molecule has 0 atom stereocenters. The van der Waals surface area contributed by atoms with E-state index in [0.29, 0.717) is 0 Å². The van der Waals surface area contributed by atoms with Crippen molar-refractivity contribution in [2.75, 3.05) is 0 Å². The topological polar surface area (TPSA) is 111 Å². The molecule has 17 heavy (non-hydrogen) atoms. The fraction of sp³-hybridized carbons (Fsp3) is 0. The molecule has 8 nitrogen and oxygen atoms in total.